The van der Waals surface area contributed by atoms with Crippen molar-refractivity contribution in [2.24, 2.45) is 11.1 Å². The third kappa shape index (κ3) is 5.81. The number of carbonyl (C=O) groups excluding carboxylic acids is 2. The van der Waals surface area contributed by atoms with Gasteiger partial charge in [0.25, 0.3) is 0 Å². The highest BCUT2D eigenvalue weighted by molar-refractivity contribution is 5.82. The molecule has 0 atom stereocenters. The van der Waals surface area contributed by atoms with Crippen molar-refractivity contribution >= 4 is 11.8 Å². The first-order valence-corrected chi connectivity index (χ1v) is 6.77. The fourth-order valence-corrected chi connectivity index (χ4v) is 1.47. The molecule has 1 aromatic rings. The van der Waals surface area contributed by atoms with Crippen LogP contribution in [0, 0.1) is 11.2 Å². The molecule has 2 amide bonds. The van der Waals surface area contributed by atoms with Crippen LogP contribution in [0.5, 0.6) is 5.75 Å². The van der Waals surface area contributed by atoms with Crippen LogP contribution in [0.3, 0.4) is 0 Å². The molecule has 3 N–H and O–H groups in total. The van der Waals surface area contributed by atoms with Gasteiger partial charge < -0.3 is 15.8 Å². The van der Waals surface area contributed by atoms with E-state index in [1.807, 2.05) is 0 Å². The zero-order valence-electron chi connectivity index (χ0n) is 12.3. The minimum Gasteiger partial charge on any atom is -0.491 e. The number of nitrogens with two attached hydrogens (primary N) is 1. The summed E-state index contributed by atoms with van der Waals surface area (Å²) in [7, 11) is 0. The molecule has 0 unspecified atom stereocenters. The largest absolute Gasteiger partial charge is 0.491 e. The Kier molecular flexibility index (Phi) is 6.14. The number of halogens is 1. The van der Waals surface area contributed by atoms with E-state index < -0.39 is 17.1 Å². The van der Waals surface area contributed by atoms with Gasteiger partial charge >= 0.3 is 0 Å². The van der Waals surface area contributed by atoms with Gasteiger partial charge in [-0.2, -0.15) is 0 Å². The fraction of sp³-hybridized carbons (Fsp3) is 0.467. The smallest absolute Gasteiger partial charge is 0.224 e. The predicted octanol–water partition coefficient (Wildman–Crippen LogP) is 1.61. The van der Waals surface area contributed by atoms with Crippen LogP contribution >= 0.6 is 0 Å². The average molecular weight is 296 g/mol. The Hall–Kier alpha value is -2.11. The number of rotatable bonds is 8. The second kappa shape index (κ2) is 7.61. The summed E-state index contributed by atoms with van der Waals surface area (Å²) in [6, 6.07) is 6.10. The predicted molar refractivity (Wildman–Crippen MR) is 77.1 cm³/mol. The fourth-order valence-electron chi connectivity index (χ4n) is 1.47. The van der Waals surface area contributed by atoms with E-state index in [0.717, 1.165) is 0 Å². The monoisotopic (exact) mass is 296 g/mol. The SMILES string of the molecule is CC(C)(CNC(=O)CCCOc1ccccc1F)C(N)=O. The van der Waals surface area contributed by atoms with Crippen molar-refractivity contribution < 1.29 is 18.7 Å². The lowest BCUT2D eigenvalue weighted by Gasteiger charge is -2.20. The van der Waals surface area contributed by atoms with Crippen LogP contribution in [0.25, 0.3) is 0 Å². The Morgan fingerprint density at radius 1 is 1.33 bits per heavy atom. The van der Waals surface area contributed by atoms with Gasteiger partial charge in [0.15, 0.2) is 11.6 Å². The maximum Gasteiger partial charge on any atom is 0.224 e. The molecule has 0 aliphatic rings. The molecule has 1 rings (SSSR count). The minimum atomic E-state index is -0.778. The van der Waals surface area contributed by atoms with E-state index in [2.05, 4.69) is 5.32 Å². The number of nitrogens with one attached hydrogen (secondary N) is 1. The molecule has 0 saturated heterocycles. The van der Waals surface area contributed by atoms with E-state index in [4.69, 9.17) is 10.5 Å². The van der Waals surface area contributed by atoms with Crippen molar-refractivity contribution in [2.45, 2.75) is 26.7 Å². The molecule has 0 heterocycles. The Balaban J connectivity index is 2.23. The molecular weight excluding hydrogens is 275 g/mol. The van der Waals surface area contributed by atoms with Crippen molar-refractivity contribution in [3.05, 3.63) is 30.1 Å². The Labute approximate surface area is 123 Å². The summed E-state index contributed by atoms with van der Waals surface area (Å²) in [5.74, 6) is -0.912. The Morgan fingerprint density at radius 2 is 2.00 bits per heavy atom. The van der Waals surface area contributed by atoms with Gasteiger partial charge in [0.1, 0.15) is 0 Å². The van der Waals surface area contributed by atoms with Crippen molar-refractivity contribution in [1.29, 1.82) is 0 Å². The molecule has 0 radical (unpaired) electrons. The molecule has 116 valence electrons. The number of benzene rings is 1. The quantitative estimate of drug-likeness (QED) is 0.715. The molecular formula is C15H21FN2O3. The maximum atomic E-state index is 13.3. The van der Waals surface area contributed by atoms with E-state index in [-0.39, 0.29) is 31.2 Å². The highest BCUT2D eigenvalue weighted by Gasteiger charge is 2.25. The first-order chi connectivity index (χ1) is 9.83. The number of amides is 2. The van der Waals surface area contributed by atoms with Crippen molar-refractivity contribution in [1.82, 2.24) is 5.32 Å². The van der Waals surface area contributed by atoms with Crippen molar-refractivity contribution in [2.75, 3.05) is 13.2 Å². The number of carbonyl (C=O) groups is 2. The van der Waals surface area contributed by atoms with Gasteiger partial charge in [-0.05, 0) is 32.4 Å². The average Bonchev–Trinajstić information content (AvgIpc) is 2.43. The summed E-state index contributed by atoms with van der Waals surface area (Å²) in [5, 5.41) is 2.64. The lowest BCUT2D eigenvalue weighted by molar-refractivity contribution is -0.127. The first kappa shape index (κ1) is 16.9. The molecule has 6 heteroatoms. The summed E-state index contributed by atoms with van der Waals surface area (Å²) < 4.78 is 18.5. The third-order valence-corrected chi connectivity index (χ3v) is 3.04. The Bertz CT molecular complexity index is 503. The van der Waals surface area contributed by atoms with E-state index in [1.165, 1.54) is 12.1 Å². The third-order valence-electron chi connectivity index (χ3n) is 3.04. The number of para-hydroxylation sites is 1. The second-order valence-electron chi connectivity index (χ2n) is 5.41. The number of hydrogen-bond donors (Lipinski definition) is 2. The first-order valence-electron chi connectivity index (χ1n) is 6.77. The van der Waals surface area contributed by atoms with Crippen LogP contribution < -0.4 is 15.8 Å². The molecule has 0 bridgehead atoms. The zero-order valence-corrected chi connectivity index (χ0v) is 12.3. The van der Waals surface area contributed by atoms with Crippen molar-refractivity contribution in [3.8, 4) is 5.75 Å². The summed E-state index contributed by atoms with van der Waals surface area (Å²) >= 11 is 0. The lowest BCUT2D eigenvalue weighted by Crippen LogP contribution is -2.42. The maximum absolute atomic E-state index is 13.3. The van der Waals surface area contributed by atoms with E-state index in [9.17, 15) is 14.0 Å². The van der Waals surface area contributed by atoms with Crippen LogP contribution in [0.1, 0.15) is 26.7 Å². The highest BCUT2D eigenvalue weighted by atomic mass is 19.1. The van der Waals surface area contributed by atoms with Gasteiger partial charge in [-0.25, -0.2) is 4.39 Å². The van der Waals surface area contributed by atoms with Gasteiger partial charge in [0.05, 0.1) is 12.0 Å². The van der Waals surface area contributed by atoms with Gasteiger partial charge in [0.2, 0.25) is 11.8 Å². The number of primary amides is 1. The van der Waals surface area contributed by atoms with E-state index >= 15 is 0 Å². The van der Waals surface area contributed by atoms with Gasteiger partial charge in [-0.1, -0.05) is 12.1 Å². The Morgan fingerprint density at radius 3 is 2.62 bits per heavy atom. The summed E-state index contributed by atoms with van der Waals surface area (Å²) in [6.07, 6.45) is 0.695. The van der Waals surface area contributed by atoms with E-state index in [1.54, 1.807) is 26.0 Å². The van der Waals surface area contributed by atoms with Crippen LogP contribution in [0.4, 0.5) is 4.39 Å². The van der Waals surface area contributed by atoms with E-state index in [0.29, 0.717) is 6.42 Å². The summed E-state index contributed by atoms with van der Waals surface area (Å²) in [4.78, 5) is 22.7. The highest BCUT2D eigenvalue weighted by Crippen LogP contribution is 2.15. The molecule has 0 aliphatic carbocycles. The van der Waals surface area contributed by atoms with Gasteiger partial charge in [0, 0.05) is 13.0 Å². The molecule has 0 fully saturated rings. The van der Waals surface area contributed by atoms with Crippen LogP contribution in [-0.4, -0.2) is 25.0 Å². The topological polar surface area (TPSA) is 81.4 Å². The molecule has 21 heavy (non-hydrogen) atoms. The molecule has 0 aromatic heterocycles. The van der Waals surface area contributed by atoms with Crippen molar-refractivity contribution in [3.63, 3.8) is 0 Å². The zero-order chi connectivity index (χ0) is 15.9. The molecule has 0 saturated carbocycles. The van der Waals surface area contributed by atoms with Crippen LogP contribution in [-0.2, 0) is 9.59 Å². The number of ether oxygens (including phenoxy) is 1. The standard InChI is InChI=1S/C15H21FN2O3/c1-15(2,14(17)20)10-18-13(19)8-5-9-21-12-7-4-3-6-11(12)16/h3-4,6-7H,5,8-10H2,1-2H3,(H2,17,20)(H,18,19). The molecule has 1 aromatic carbocycles. The summed E-state index contributed by atoms with van der Waals surface area (Å²) in [6.45, 7) is 3.76. The van der Waals surface area contributed by atoms with Gasteiger partial charge in [-0.15, -0.1) is 0 Å². The van der Waals surface area contributed by atoms with Crippen LogP contribution in [0.15, 0.2) is 24.3 Å². The second-order valence-corrected chi connectivity index (χ2v) is 5.41. The molecule has 0 spiro atoms. The van der Waals surface area contributed by atoms with Crippen LogP contribution in [0.2, 0.25) is 0 Å². The molecule has 5 nitrogen and oxygen atoms in total. The molecule has 0 aliphatic heterocycles. The normalized spacial score (nSPS) is 11.0. The minimum absolute atomic E-state index is 0.174. The lowest BCUT2D eigenvalue weighted by atomic mass is 9.93. The number of hydrogen-bond acceptors (Lipinski definition) is 3. The van der Waals surface area contributed by atoms with Gasteiger partial charge in [-0.3, -0.25) is 9.59 Å². The summed E-state index contributed by atoms with van der Waals surface area (Å²) in [5.41, 5.74) is 4.43.